The Morgan fingerprint density at radius 3 is 1.72 bits per heavy atom. The average molecular weight is 877 g/mol. The number of carbonyl (C=O) groups is 4. The summed E-state index contributed by atoms with van der Waals surface area (Å²) < 4.78 is 7.75. The summed E-state index contributed by atoms with van der Waals surface area (Å²) in [6.45, 7) is 11.6. The van der Waals surface area contributed by atoms with E-state index in [2.05, 4.69) is 144 Å². The normalized spacial score (nSPS) is 14.4. The molecule has 0 spiro atoms. The fraction of sp³-hybridized carbons (Fsp3) is 0.440. The van der Waals surface area contributed by atoms with Crippen LogP contribution in [0.3, 0.4) is 0 Å². The number of aromatic nitrogens is 4. The lowest BCUT2D eigenvalue weighted by Gasteiger charge is -2.18. The summed E-state index contributed by atoms with van der Waals surface area (Å²) in [4.78, 5) is 61.6. The summed E-state index contributed by atoms with van der Waals surface area (Å²) >= 11 is 0. The molecule has 3 atom stereocenters. The maximum absolute atomic E-state index is 12.5. The van der Waals surface area contributed by atoms with Gasteiger partial charge in [-0.2, -0.15) is 0 Å². The molecule has 14 heteroatoms. The molecule has 64 heavy (non-hydrogen) atoms. The van der Waals surface area contributed by atoms with Gasteiger partial charge < -0.3 is 41.1 Å². The van der Waals surface area contributed by atoms with Gasteiger partial charge in [0, 0.05) is 45.3 Å². The van der Waals surface area contributed by atoms with Gasteiger partial charge in [0.1, 0.15) is 11.6 Å². The highest BCUT2D eigenvalue weighted by Gasteiger charge is 2.41. The quantitative estimate of drug-likeness (QED) is 0.0589. The smallest absolute Gasteiger partial charge is 0.404 e. The third-order valence-electron chi connectivity index (χ3n) is 11.1. The Bertz CT molecular complexity index is 2460. The highest BCUT2D eigenvalue weighted by Crippen LogP contribution is 2.39. The maximum atomic E-state index is 12.5. The van der Waals surface area contributed by atoms with Gasteiger partial charge in [0.15, 0.2) is 0 Å². The van der Waals surface area contributed by atoms with Gasteiger partial charge in [0.2, 0.25) is 11.8 Å². The lowest BCUT2D eigenvalue weighted by Crippen LogP contribution is -2.30. The number of hydrogen-bond donors (Lipinski definition) is 5. The zero-order valence-electron chi connectivity index (χ0n) is 39.0. The largest absolute Gasteiger partial charge is 0.471 e. The molecule has 0 bridgehead atoms. The number of carbonyl (C=O) groups excluding carboxylic acids is 4. The third kappa shape index (κ3) is 14.9. The Balaban J connectivity index is 0.000000737. The SMILES string of the molecule is CC(C)CC(=O)NCC(C)CCc1nc2ccc(-c3ccc4cc(-c5ccc6nc(CCC7CC7N(C)C(=O)CC(C)C)[nH]c6c5)ccc4c3)cc2[nH]1.CN.COC(N)=O.COC=O. The first-order valence-corrected chi connectivity index (χ1v) is 22.1. The molecule has 2 heterocycles. The summed E-state index contributed by atoms with van der Waals surface area (Å²) in [6, 6.07) is 26.7. The maximum Gasteiger partial charge on any atom is 0.404 e. The number of aromatic amines is 2. The molecule has 7 rings (SSSR count). The van der Waals surface area contributed by atoms with Crippen LogP contribution in [0, 0.1) is 23.7 Å². The van der Waals surface area contributed by atoms with Crippen molar-refractivity contribution in [3.05, 3.63) is 84.4 Å². The molecule has 344 valence electrons. The number of primary amides is 1. The average Bonchev–Trinajstić information content (AvgIpc) is 3.75. The zero-order valence-corrected chi connectivity index (χ0v) is 39.0. The molecule has 2 aromatic heterocycles. The molecule has 0 saturated heterocycles. The summed E-state index contributed by atoms with van der Waals surface area (Å²) in [5, 5.41) is 5.47. The third-order valence-corrected chi connectivity index (χ3v) is 11.1. The molecular formula is C50H68N8O6. The van der Waals surface area contributed by atoms with Crippen LogP contribution in [0.5, 0.6) is 0 Å². The lowest BCUT2D eigenvalue weighted by molar-refractivity contribution is -0.131. The monoisotopic (exact) mass is 877 g/mol. The van der Waals surface area contributed by atoms with Crippen LogP contribution >= 0.6 is 0 Å². The van der Waals surface area contributed by atoms with Gasteiger partial charge in [-0.1, -0.05) is 71.0 Å². The number of hydrogen-bond acceptors (Lipinski definition) is 9. The van der Waals surface area contributed by atoms with Crippen LogP contribution in [-0.4, -0.2) is 90.1 Å². The molecule has 4 aromatic carbocycles. The summed E-state index contributed by atoms with van der Waals surface area (Å²) in [5.74, 6) is 4.11. The first kappa shape index (κ1) is 50.4. The molecule has 14 nitrogen and oxygen atoms in total. The van der Waals surface area contributed by atoms with E-state index >= 15 is 0 Å². The van der Waals surface area contributed by atoms with Crippen molar-refractivity contribution >= 4 is 57.2 Å². The second-order valence-electron chi connectivity index (χ2n) is 17.2. The Hall–Kier alpha value is -6.28. The van der Waals surface area contributed by atoms with Gasteiger partial charge in [-0.15, -0.1) is 0 Å². The predicted molar refractivity (Wildman–Crippen MR) is 256 cm³/mol. The second-order valence-corrected chi connectivity index (χ2v) is 17.2. The molecule has 3 unspecified atom stereocenters. The number of H-pyrrole nitrogens is 2. The van der Waals surface area contributed by atoms with Gasteiger partial charge >= 0.3 is 6.09 Å². The topological polar surface area (TPSA) is 211 Å². The molecule has 1 saturated carbocycles. The Labute approximate surface area is 377 Å². The molecular weight excluding hydrogens is 809 g/mol. The highest BCUT2D eigenvalue weighted by molar-refractivity contribution is 5.93. The van der Waals surface area contributed by atoms with E-state index in [-0.39, 0.29) is 11.8 Å². The van der Waals surface area contributed by atoms with Crippen LogP contribution < -0.4 is 16.8 Å². The lowest BCUT2D eigenvalue weighted by atomic mass is 9.97. The standard InChI is InChI=1S/C45H54N6O2.C2H5NO2.C2H4O2.CH5N/c1-27(2)19-44(52)46-26-29(5)7-17-42-47-37-15-12-34(23-39(37)49-42)32-10-8-31-22-33(11-9-30(31)21-32)35-13-16-38-40(24-35)50-43(48-38)18-14-36-25-41(36)51(6)45(53)20-28(3)4;1-5-2(3)4;1-4-2-3;1-2/h8-13,15-16,21-24,27-29,36,41H,7,14,17-20,25-26H2,1-6H3,(H,46,52)(H,47,49)(H,48,50);1H3,(H2,3,4);2H,1H3;2H2,1H3. The van der Waals surface area contributed by atoms with Crippen molar-refractivity contribution in [2.45, 2.75) is 85.6 Å². The second kappa shape index (κ2) is 24.5. The van der Waals surface area contributed by atoms with E-state index in [9.17, 15) is 14.4 Å². The number of aryl methyl sites for hydroxylation is 2. The zero-order chi connectivity index (χ0) is 46.9. The number of ether oxygens (including phenoxy) is 2. The van der Waals surface area contributed by atoms with Gasteiger partial charge in [-0.25, -0.2) is 14.8 Å². The summed E-state index contributed by atoms with van der Waals surface area (Å²) in [6.07, 6.45) is 5.29. The molecule has 6 aromatic rings. The van der Waals surface area contributed by atoms with E-state index in [4.69, 9.17) is 14.8 Å². The number of fused-ring (bicyclic) bond motifs is 3. The Kier molecular flexibility index (Phi) is 19.3. The van der Waals surface area contributed by atoms with Crippen molar-refractivity contribution in [1.82, 2.24) is 30.2 Å². The van der Waals surface area contributed by atoms with Crippen LogP contribution in [0.15, 0.2) is 72.8 Å². The Morgan fingerprint density at radius 2 is 1.25 bits per heavy atom. The van der Waals surface area contributed by atoms with Crippen molar-refractivity contribution in [2.24, 2.45) is 35.1 Å². The van der Waals surface area contributed by atoms with Crippen molar-refractivity contribution < 1.29 is 28.7 Å². The summed E-state index contributed by atoms with van der Waals surface area (Å²) in [5.41, 5.74) is 17.7. The van der Waals surface area contributed by atoms with E-state index < -0.39 is 6.09 Å². The van der Waals surface area contributed by atoms with Crippen LogP contribution in [0.2, 0.25) is 0 Å². The van der Waals surface area contributed by atoms with Crippen molar-refractivity contribution in [3.8, 4) is 22.3 Å². The fourth-order valence-electron chi connectivity index (χ4n) is 7.56. The molecule has 1 aliphatic rings. The van der Waals surface area contributed by atoms with E-state index in [0.29, 0.717) is 55.6 Å². The molecule has 3 amide bonds. The minimum atomic E-state index is -0.745. The minimum absolute atomic E-state index is 0.134. The van der Waals surface area contributed by atoms with Crippen LogP contribution in [-0.2, 0) is 36.7 Å². The molecule has 7 N–H and O–H groups in total. The van der Waals surface area contributed by atoms with Gasteiger partial charge in [0.25, 0.3) is 6.47 Å². The Morgan fingerprint density at radius 1 is 0.781 bits per heavy atom. The first-order chi connectivity index (χ1) is 30.7. The van der Waals surface area contributed by atoms with Gasteiger partial charge in [-0.05, 0) is 119 Å². The van der Waals surface area contributed by atoms with E-state index in [1.807, 2.05) is 11.9 Å². The van der Waals surface area contributed by atoms with E-state index in [1.54, 1.807) is 0 Å². The molecule has 0 aliphatic heterocycles. The van der Waals surface area contributed by atoms with E-state index in [1.165, 1.54) is 43.2 Å². The fourth-order valence-corrected chi connectivity index (χ4v) is 7.56. The van der Waals surface area contributed by atoms with Crippen LogP contribution in [0.4, 0.5) is 4.79 Å². The number of benzene rings is 4. The number of nitrogens with two attached hydrogens (primary N) is 2. The number of amides is 3. The number of rotatable bonds is 16. The molecule has 1 fully saturated rings. The van der Waals surface area contributed by atoms with Gasteiger partial charge in [0.05, 0.1) is 36.3 Å². The highest BCUT2D eigenvalue weighted by atomic mass is 16.5. The van der Waals surface area contributed by atoms with Crippen LogP contribution in [0.1, 0.15) is 78.4 Å². The predicted octanol–water partition coefficient (Wildman–Crippen LogP) is 8.56. The number of nitrogens with one attached hydrogen (secondary N) is 3. The van der Waals surface area contributed by atoms with Gasteiger partial charge in [-0.3, -0.25) is 14.4 Å². The minimum Gasteiger partial charge on any atom is -0.471 e. The number of nitrogens with zero attached hydrogens (tertiary/aromatic N) is 3. The van der Waals surface area contributed by atoms with Crippen molar-refractivity contribution in [2.75, 3.05) is 34.9 Å². The van der Waals surface area contributed by atoms with Crippen molar-refractivity contribution in [1.29, 1.82) is 0 Å². The van der Waals surface area contributed by atoms with Crippen molar-refractivity contribution in [3.63, 3.8) is 0 Å². The number of imidazole rings is 2. The molecule has 0 radical (unpaired) electrons. The number of methoxy groups -OCH3 is 2. The van der Waals surface area contributed by atoms with Crippen LogP contribution in [0.25, 0.3) is 55.1 Å². The molecule has 1 aliphatic carbocycles. The first-order valence-electron chi connectivity index (χ1n) is 22.1. The summed E-state index contributed by atoms with van der Waals surface area (Å²) in [7, 11) is 6.00. The van der Waals surface area contributed by atoms with E-state index in [0.717, 1.165) is 76.9 Å².